The van der Waals surface area contributed by atoms with Gasteiger partial charge in [-0.3, -0.25) is 0 Å². The topological polar surface area (TPSA) is 29.9 Å². The van der Waals surface area contributed by atoms with Crippen molar-refractivity contribution in [3.8, 4) is 0 Å². The molecule has 0 fully saturated rings. The summed E-state index contributed by atoms with van der Waals surface area (Å²) in [7, 11) is 1.90. The molecule has 2 rings (SSSR count). The Balaban J connectivity index is 2.00. The summed E-state index contributed by atoms with van der Waals surface area (Å²) in [5, 5.41) is 4.79. The van der Waals surface area contributed by atoms with Crippen molar-refractivity contribution in [3.63, 3.8) is 0 Å². The smallest absolute Gasteiger partial charge is 0.128 e. The lowest BCUT2D eigenvalue weighted by Gasteiger charge is -2.14. The third kappa shape index (κ3) is 3.05. The number of halogens is 2. The second-order valence-electron chi connectivity index (χ2n) is 4.21. The minimum Gasteiger partial charge on any atom is -0.321 e. The number of nitrogens with one attached hydrogen (secondary N) is 1. The highest BCUT2D eigenvalue weighted by molar-refractivity contribution is 6.30. The van der Waals surface area contributed by atoms with Crippen molar-refractivity contribution >= 4 is 23.2 Å². The van der Waals surface area contributed by atoms with Crippen LogP contribution < -0.4 is 5.32 Å². The van der Waals surface area contributed by atoms with Gasteiger partial charge in [0.05, 0.1) is 12.7 Å². The predicted octanol–water partition coefficient (Wildman–Crippen LogP) is 3.58. The van der Waals surface area contributed by atoms with Gasteiger partial charge in [0.2, 0.25) is 0 Å². The van der Waals surface area contributed by atoms with Crippen LogP contribution in [0, 0.1) is 0 Å². The molecule has 0 saturated heterocycles. The molecule has 1 aromatic heterocycles. The van der Waals surface area contributed by atoms with Crippen LogP contribution in [0.2, 0.25) is 10.2 Å². The van der Waals surface area contributed by atoms with Gasteiger partial charge in [-0.2, -0.15) is 0 Å². The maximum absolute atomic E-state index is 5.97. The van der Waals surface area contributed by atoms with Gasteiger partial charge in [-0.05, 0) is 24.6 Å². The highest BCUT2D eigenvalue weighted by atomic mass is 35.5. The van der Waals surface area contributed by atoms with E-state index in [1.54, 1.807) is 6.20 Å². The maximum Gasteiger partial charge on any atom is 0.128 e. The fraction of sp³-hybridized carbons (Fsp3) is 0.308. The molecule has 0 amide bonds. The first-order valence-corrected chi connectivity index (χ1v) is 6.48. The van der Waals surface area contributed by atoms with Crippen molar-refractivity contribution in [1.29, 1.82) is 0 Å². The second kappa shape index (κ2) is 5.74. The average molecular weight is 284 g/mol. The molecule has 0 unspecified atom stereocenters. The fourth-order valence-corrected chi connectivity index (χ4v) is 2.07. The van der Waals surface area contributed by atoms with Crippen molar-refractivity contribution < 1.29 is 0 Å². The number of hydrogen-bond acceptors (Lipinski definition) is 2. The first kappa shape index (κ1) is 13.4. The normalized spacial score (nSPS) is 12.7. The fourth-order valence-electron chi connectivity index (χ4n) is 1.73. The lowest BCUT2D eigenvalue weighted by atomic mass is 10.1. The maximum atomic E-state index is 5.97. The number of benzene rings is 1. The summed E-state index contributed by atoms with van der Waals surface area (Å²) in [6.45, 7) is 2.76. The van der Waals surface area contributed by atoms with Gasteiger partial charge in [0, 0.05) is 18.1 Å². The predicted molar refractivity (Wildman–Crippen MR) is 74.9 cm³/mol. The van der Waals surface area contributed by atoms with Crippen LogP contribution in [0.5, 0.6) is 0 Å². The molecule has 0 aliphatic heterocycles. The minimum absolute atomic E-state index is 0.208. The molecule has 5 heteroatoms. The first-order chi connectivity index (χ1) is 8.58. The molecule has 1 atom stereocenters. The average Bonchev–Trinajstić information content (AvgIpc) is 2.67. The van der Waals surface area contributed by atoms with Gasteiger partial charge in [-0.1, -0.05) is 35.3 Å². The van der Waals surface area contributed by atoms with Crippen LogP contribution in [-0.4, -0.2) is 9.55 Å². The summed E-state index contributed by atoms with van der Waals surface area (Å²) in [4.78, 5) is 4.24. The number of rotatable bonds is 4. The van der Waals surface area contributed by atoms with E-state index in [0.717, 1.165) is 16.4 Å². The summed E-state index contributed by atoms with van der Waals surface area (Å²) in [5.74, 6) is 0.911. The Labute approximate surface area is 117 Å². The Hall–Kier alpha value is -1.03. The molecule has 0 spiro atoms. The third-order valence-corrected chi connectivity index (χ3v) is 3.53. The number of imidazole rings is 1. The molecule has 0 radical (unpaired) electrons. The highest BCUT2D eigenvalue weighted by Crippen LogP contribution is 2.18. The van der Waals surface area contributed by atoms with Crippen molar-refractivity contribution in [1.82, 2.24) is 14.9 Å². The molecule has 1 heterocycles. The minimum atomic E-state index is 0.208. The summed E-state index contributed by atoms with van der Waals surface area (Å²) >= 11 is 11.9. The van der Waals surface area contributed by atoms with E-state index in [9.17, 15) is 0 Å². The van der Waals surface area contributed by atoms with Crippen molar-refractivity contribution in [3.05, 3.63) is 52.0 Å². The van der Waals surface area contributed by atoms with E-state index in [1.807, 2.05) is 29.8 Å². The number of hydrogen-bond donors (Lipinski definition) is 1. The van der Waals surface area contributed by atoms with Crippen LogP contribution in [0.15, 0.2) is 30.5 Å². The molecule has 0 saturated carbocycles. The quantitative estimate of drug-likeness (QED) is 0.930. The van der Waals surface area contributed by atoms with E-state index in [1.165, 1.54) is 0 Å². The Morgan fingerprint density at radius 3 is 2.78 bits per heavy atom. The summed E-state index contributed by atoms with van der Waals surface area (Å²) in [5.41, 5.74) is 1.16. The van der Waals surface area contributed by atoms with Crippen LogP contribution >= 0.6 is 23.2 Å². The van der Waals surface area contributed by atoms with E-state index in [-0.39, 0.29) is 6.04 Å². The van der Waals surface area contributed by atoms with E-state index in [4.69, 9.17) is 23.2 Å². The van der Waals surface area contributed by atoms with E-state index < -0.39 is 0 Å². The van der Waals surface area contributed by atoms with Crippen LogP contribution in [-0.2, 0) is 13.6 Å². The molecule has 18 heavy (non-hydrogen) atoms. The zero-order valence-electron chi connectivity index (χ0n) is 10.3. The number of nitrogens with zero attached hydrogens (tertiary/aromatic N) is 2. The van der Waals surface area contributed by atoms with Crippen LogP contribution in [0.1, 0.15) is 24.4 Å². The lowest BCUT2D eigenvalue weighted by molar-refractivity contribution is 0.549. The Morgan fingerprint density at radius 1 is 1.39 bits per heavy atom. The summed E-state index contributed by atoms with van der Waals surface area (Å²) < 4.78 is 1.86. The zero-order chi connectivity index (χ0) is 13.1. The van der Waals surface area contributed by atoms with Crippen molar-refractivity contribution in [2.24, 2.45) is 7.05 Å². The second-order valence-corrected chi connectivity index (χ2v) is 5.04. The highest BCUT2D eigenvalue weighted by Gasteiger charge is 2.08. The van der Waals surface area contributed by atoms with Gasteiger partial charge in [-0.15, -0.1) is 0 Å². The molecule has 96 valence electrons. The molecular formula is C13H15Cl2N3. The molecule has 1 N–H and O–H groups in total. The molecular weight excluding hydrogens is 269 g/mol. The first-order valence-electron chi connectivity index (χ1n) is 5.73. The lowest BCUT2D eigenvalue weighted by Crippen LogP contribution is -2.20. The van der Waals surface area contributed by atoms with Crippen molar-refractivity contribution in [2.45, 2.75) is 19.5 Å². The van der Waals surface area contributed by atoms with E-state index >= 15 is 0 Å². The molecule has 2 aromatic rings. The molecule has 0 aliphatic rings. The largest absolute Gasteiger partial charge is 0.321 e. The standard InChI is InChI=1S/C13H15Cl2N3/c1-9(10-4-3-5-11(14)6-10)16-8-13-17-7-12(15)18(13)2/h3-7,9,16H,8H2,1-2H3/t9-/m1/s1. The molecule has 0 bridgehead atoms. The van der Waals surface area contributed by atoms with Crippen LogP contribution in [0.4, 0.5) is 0 Å². The SMILES string of the molecule is C[C@@H](NCc1ncc(Cl)n1C)c1cccc(Cl)c1. The van der Waals surface area contributed by atoms with Gasteiger partial charge < -0.3 is 9.88 Å². The third-order valence-electron chi connectivity index (χ3n) is 2.94. The van der Waals surface area contributed by atoms with Gasteiger partial charge in [-0.25, -0.2) is 4.98 Å². The van der Waals surface area contributed by atoms with Crippen molar-refractivity contribution in [2.75, 3.05) is 0 Å². The summed E-state index contributed by atoms with van der Waals surface area (Å²) in [6.07, 6.45) is 1.66. The summed E-state index contributed by atoms with van der Waals surface area (Å²) in [6, 6.07) is 8.04. The van der Waals surface area contributed by atoms with Crippen LogP contribution in [0.3, 0.4) is 0 Å². The van der Waals surface area contributed by atoms with Gasteiger partial charge in [0.15, 0.2) is 0 Å². The van der Waals surface area contributed by atoms with E-state index in [0.29, 0.717) is 11.7 Å². The van der Waals surface area contributed by atoms with Gasteiger partial charge in [0.25, 0.3) is 0 Å². The Morgan fingerprint density at radius 2 is 2.17 bits per heavy atom. The monoisotopic (exact) mass is 283 g/mol. The van der Waals surface area contributed by atoms with Gasteiger partial charge in [0.1, 0.15) is 11.0 Å². The molecule has 3 nitrogen and oxygen atoms in total. The zero-order valence-corrected chi connectivity index (χ0v) is 11.8. The van der Waals surface area contributed by atoms with Gasteiger partial charge >= 0.3 is 0 Å². The molecule has 1 aromatic carbocycles. The molecule has 0 aliphatic carbocycles. The Bertz CT molecular complexity index is 537. The Kier molecular flexibility index (Phi) is 4.27. The van der Waals surface area contributed by atoms with E-state index in [2.05, 4.69) is 23.3 Å². The number of aromatic nitrogens is 2. The van der Waals surface area contributed by atoms with Crippen LogP contribution in [0.25, 0.3) is 0 Å².